The summed E-state index contributed by atoms with van der Waals surface area (Å²) in [6.45, 7) is 8.70. The monoisotopic (exact) mass is 209 g/mol. The summed E-state index contributed by atoms with van der Waals surface area (Å²) in [5, 5.41) is 7.89. The van der Waals surface area contributed by atoms with Crippen molar-refractivity contribution < 1.29 is 0 Å². The van der Waals surface area contributed by atoms with E-state index in [-0.39, 0.29) is 0 Å². The Hall–Kier alpha value is -0.830. The number of hydrogen-bond acceptors (Lipinski definition) is 2. The third-order valence-corrected chi connectivity index (χ3v) is 2.54. The van der Waals surface area contributed by atoms with Gasteiger partial charge in [-0.3, -0.25) is 4.68 Å². The fourth-order valence-electron chi connectivity index (χ4n) is 1.64. The lowest BCUT2D eigenvalue weighted by molar-refractivity contribution is 0.537. The van der Waals surface area contributed by atoms with Gasteiger partial charge in [0.15, 0.2) is 0 Å². The average Bonchev–Trinajstić information content (AvgIpc) is 2.53. The van der Waals surface area contributed by atoms with Crippen molar-refractivity contribution in [2.45, 2.75) is 40.2 Å². The molecule has 0 radical (unpaired) electrons. The highest BCUT2D eigenvalue weighted by atomic mass is 15.3. The van der Waals surface area contributed by atoms with Crippen LogP contribution >= 0.6 is 0 Å². The summed E-state index contributed by atoms with van der Waals surface area (Å²) in [5.74, 6) is 0.775. The van der Waals surface area contributed by atoms with Gasteiger partial charge in [0.2, 0.25) is 0 Å². The van der Waals surface area contributed by atoms with Gasteiger partial charge in [-0.05, 0) is 25.3 Å². The summed E-state index contributed by atoms with van der Waals surface area (Å²) >= 11 is 0. The van der Waals surface area contributed by atoms with Crippen molar-refractivity contribution >= 4 is 0 Å². The molecule has 0 unspecified atom stereocenters. The van der Waals surface area contributed by atoms with E-state index in [2.05, 4.69) is 37.4 Å². The van der Waals surface area contributed by atoms with Crippen LogP contribution in [0.25, 0.3) is 0 Å². The van der Waals surface area contributed by atoms with Crippen LogP contribution in [0.3, 0.4) is 0 Å². The quantitative estimate of drug-likeness (QED) is 0.727. The van der Waals surface area contributed by atoms with Gasteiger partial charge < -0.3 is 5.32 Å². The van der Waals surface area contributed by atoms with Gasteiger partial charge in [0, 0.05) is 25.4 Å². The molecule has 1 heterocycles. The molecule has 0 spiro atoms. The zero-order valence-electron chi connectivity index (χ0n) is 10.4. The van der Waals surface area contributed by atoms with Gasteiger partial charge in [-0.15, -0.1) is 0 Å². The van der Waals surface area contributed by atoms with Crippen molar-refractivity contribution in [3.05, 3.63) is 17.5 Å². The van der Waals surface area contributed by atoms with Gasteiger partial charge in [-0.1, -0.05) is 20.8 Å². The van der Waals surface area contributed by atoms with E-state index in [1.54, 1.807) is 0 Å². The molecule has 1 N–H and O–H groups in total. The minimum atomic E-state index is 0.775. The van der Waals surface area contributed by atoms with Gasteiger partial charge in [-0.25, -0.2) is 0 Å². The molecule has 0 aliphatic rings. The molecule has 0 aliphatic heterocycles. The molecule has 0 aliphatic carbocycles. The van der Waals surface area contributed by atoms with Crippen molar-refractivity contribution in [1.29, 1.82) is 0 Å². The molecule has 0 atom stereocenters. The van der Waals surface area contributed by atoms with E-state index in [1.807, 2.05) is 11.7 Å². The molecule has 86 valence electrons. The Morgan fingerprint density at radius 1 is 1.47 bits per heavy atom. The van der Waals surface area contributed by atoms with Crippen LogP contribution in [-0.2, 0) is 20.0 Å². The maximum absolute atomic E-state index is 4.42. The zero-order valence-corrected chi connectivity index (χ0v) is 10.4. The van der Waals surface area contributed by atoms with Gasteiger partial charge in [0.1, 0.15) is 0 Å². The first-order chi connectivity index (χ1) is 7.13. The largest absolute Gasteiger partial charge is 0.313 e. The first-order valence-corrected chi connectivity index (χ1v) is 5.85. The van der Waals surface area contributed by atoms with E-state index in [4.69, 9.17) is 0 Å². The molecule has 0 saturated heterocycles. The van der Waals surface area contributed by atoms with Crippen LogP contribution in [-0.4, -0.2) is 16.3 Å². The molecule has 0 fully saturated rings. The molecule has 0 amide bonds. The molecular formula is C12H23N3. The molecule has 3 heteroatoms. The molecule has 15 heavy (non-hydrogen) atoms. The SMILES string of the molecule is CCc1nn(C)cc1CNCCC(C)C. The molecule has 3 nitrogen and oxygen atoms in total. The summed E-state index contributed by atoms with van der Waals surface area (Å²) in [7, 11) is 1.98. The Morgan fingerprint density at radius 2 is 2.20 bits per heavy atom. The summed E-state index contributed by atoms with van der Waals surface area (Å²) in [4.78, 5) is 0. The molecular weight excluding hydrogens is 186 g/mol. The van der Waals surface area contributed by atoms with Gasteiger partial charge in [0.25, 0.3) is 0 Å². The van der Waals surface area contributed by atoms with E-state index in [0.717, 1.165) is 25.4 Å². The normalized spacial score (nSPS) is 11.3. The Kier molecular flexibility index (Phi) is 4.82. The van der Waals surface area contributed by atoms with Crippen LogP contribution in [0.5, 0.6) is 0 Å². The summed E-state index contributed by atoms with van der Waals surface area (Å²) in [6.07, 6.45) is 4.37. The van der Waals surface area contributed by atoms with Gasteiger partial charge in [-0.2, -0.15) is 5.10 Å². The maximum Gasteiger partial charge on any atom is 0.0666 e. The van der Waals surface area contributed by atoms with E-state index >= 15 is 0 Å². The van der Waals surface area contributed by atoms with Crippen LogP contribution in [0.2, 0.25) is 0 Å². The smallest absolute Gasteiger partial charge is 0.0666 e. The van der Waals surface area contributed by atoms with E-state index in [9.17, 15) is 0 Å². The third kappa shape index (κ3) is 4.04. The number of rotatable bonds is 6. The van der Waals surface area contributed by atoms with E-state index in [0.29, 0.717) is 0 Å². The van der Waals surface area contributed by atoms with Crippen LogP contribution in [0.1, 0.15) is 38.4 Å². The third-order valence-electron chi connectivity index (χ3n) is 2.54. The molecule has 1 aromatic rings. The second kappa shape index (κ2) is 5.91. The van der Waals surface area contributed by atoms with Crippen LogP contribution in [0.15, 0.2) is 6.20 Å². The van der Waals surface area contributed by atoms with Gasteiger partial charge >= 0.3 is 0 Å². The number of aryl methyl sites for hydroxylation is 2. The highest BCUT2D eigenvalue weighted by Gasteiger charge is 2.04. The van der Waals surface area contributed by atoms with Crippen molar-refractivity contribution in [3.8, 4) is 0 Å². The van der Waals surface area contributed by atoms with Crippen molar-refractivity contribution in [1.82, 2.24) is 15.1 Å². The second-order valence-corrected chi connectivity index (χ2v) is 4.49. The van der Waals surface area contributed by atoms with Crippen molar-refractivity contribution in [2.75, 3.05) is 6.54 Å². The predicted octanol–water partition coefficient (Wildman–Crippen LogP) is 2.12. The van der Waals surface area contributed by atoms with E-state index in [1.165, 1.54) is 17.7 Å². The zero-order chi connectivity index (χ0) is 11.3. The Labute approximate surface area is 92.9 Å². The molecule has 1 rings (SSSR count). The minimum absolute atomic E-state index is 0.775. The molecule has 0 saturated carbocycles. The summed E-state index contributed by atoms with van der Waals surface area (Å²) < 4.78 is 1.90. The van der Waals surface area contributed by atoms with Crippen molar-refractivity contribution in [2.24, 2.45) is 13.0 Å². The lowest BCUT2D eigenvalue weighted by atomic mass is 10.1. The highest BCUT2D eigenvalue weighted by molar-refractivity contribution is 5.16. The summed E-state index contributed by atoms with van der Waals surface area (Å²) in [5.41, 5.74) is 2.55. The number of hydrogen-bond donors (Lipinski definition) is 1. The van der Waals surface area contributed by atoms with Crippen LogP contribution in [0.4, 0.5) is 0 Å². The topological polar surface area (TPSA) is 29.9 Å². The second-order valence-electron chi connectivity index (χ2n) is 4.49. The molecule has 1 aromatic heterocycles. The lowest BCUT2D eigenvalue weighted by Gasteiger charge is -2.06. The molecule has 0 aromatic carbocycles. The first-order valence-electron chi connectivity index (χ1n) is 5.85. The highest BCUT2D eigenvalue weighted by Crippen LogP contribution is 2.06. The Bertz CT molecular complexity index is 289. The Balaban J connectivity index is 2.36. The predicted molar refractivity (Wildman–Crippen MR) is 63.7 cm³/mol. The number of nitrogens with one attached hydrogen (secondary N) is 1. The lowest BCUT2D eigenvalue weighted by Crippen LogP contribution is -2.16. The minimum Gasteiger partial charge on any atom is -0.313 e. The van der Waals surface area contributed by atoms with Crippen molar-refractivity contribution in [3.63, 3.8) is 0 Å². The average molecular weight is 209 g/mol. The molecule has 0 bridgehead atoms. The maximum atomic E-state index is 4.42. The van der Waals surface area contributed by atoms with E-state index < -0.39 is 0 Å². The first kappa shape index (κ1) is 12.2. The Morgan fingerprint density at radius 3 is 2.80 bits per heavy atom. The summed E-state index contributed by atoms with van der Waals surface area (Å²) in [6, 6.07) is 0. The fraction of sp³-hybridized carbons (Fsp3) is 0.750. The number of nitrogens with zero attached hydrogens (tertiary/aromatic N) is 2. The fourth-order valence-corrected chi connectivity index (χ4v) is 1.64. The number of aromatic nitrogens is 2. The van der Waals surface area contributed by atoms with Gasteiger partial charge in [0.05, 0.1) is 5.69 Å². The van der Waals surface area contributed by atoms with Crippen LogP contribution in [0, 0.1) is 5.92 Å². The standard InChI is InChI=1S/C12H23N3/c1-5-12-11(9-15(4)14-12)8-13-7-6-10(2)3/h9-10,13H,5-8H2,1-4H3. The van der Waals surface area contributed by atoms with Crippen LogP contribution < -0.4 is 5.32 Å².